The summed E-state index contributed by atoms with van der Waals surface area (Å²) in [4.78, 5) is 5.34. The summed E-state index contributed by atoms with van der Waals surface area (Å²) in [5, 5.41) is 0. The molecule has 0 radical (unpaired) electrons. The first-order chi connectivity index (χ1) is 8.39. The van der Waals surface area contributed by atoms with Crippen LogP contribution in [-0.2, 0) is 0 Å². The molecule has 0 saturated carbocycles. The highest BCUT2D eigenvalue weighted by atomic mass is 15.3. The molecule has 0 spiro atoms. The molecule has 0 amide bonds. The van der Waals surface area contributed by atoms with Crippen molar-refractivity contribution in [3.05, 3.63) is 0 Å². The minimum atomic E-state index is 0.252. The molecule has 0 aromatic carbocycles. The Balaban J connectivity index is 1.97. The van der Waals surface area contributed by atoms with Crippen LogP contribution in [0.4, 0.5) is 0 Å². The lowest BCUT2D eigenvalue weighted by molar-refractivity contribution is 0.0959. The van der Waals surface area contributed by atoms with Gasteiger partial charge in [0, 0.05) is 31.2 Å². The molecule has 2 rings (SSSR count). The molecule has 106 valence electrons. The third kappa shape index (κ3) is 3.06. The lowest BCUT2D eigenvalue weighted by Gasteiger charge is -2.41. The Bertz CT molecular complexity index is 263. The van der Waals surface area contributed by atoms with E-state index in [0.29, 0.717) is 6.04 Å². The van der Waals surface area contributed by atoms with Gasteiger partial charge in [-0.3, -0.25) is 9.80 Å². The maximum atomic E-state index is 6.25. The van der Waals surface area contributed by atoms with Crippen molar-refractivity contribution in [1.82, 2.24) is 9.80 Å². The standard InChI is InChI=1S/C15H31N3/c1-12(16)14(15(2,3)4)18-10-7-13(11-18)17-8-5-6-9-17/h12-14H,5-11,16H2,1-4H3. The molecule has 3 unspecified atom stereocenters. The van der Waals surface area contributed by atoms with Gasteiger partial charge in [-0.05, 0) is 44.7 Å². The van der Waals surface area contributed by atoms with Gasteiger partial charge in [-0.25, -0.2) is 0 Å². The Hall–Kier alpha value is -0.120. The van der Waals surface area contributed by atoms with Crippen LogP contribution in [0.5, 0.6) is 0 Å². The number of rotatable bonds is 3. The maximum Gasteiger partial charge on any atom is 0.0293 e. The van der Waals surface area contributed by atoms with E-state index >= 15 is 0 Å². The van der Waals surface area contributed by atoms with Gasteiger partial charge in [0.05, 0.1) is 0 Å². The first-order valence-corrected chi connectivity index (χ1v) is 7.63. The molecule has 3 heteroatoms. The van der Waals surface area contributed by atoms with E-state index in [9.17, 15) is 0 Å². The predicted molar refractivity (Wildman–Crippen MR) is 77.7 cm³/mol. The van der Waals surface area contributed by atoms with Crippen molar-refractivity contribution >= 4 is 0 Å². The van der Waals surface area contributed by atoms with Crippen molar-refractivity contribution in [3.63, 3.8) is 0 Å². The Morgan fingerprint density at radius 3 is 2.22 bits per heavy atom. The van der Waals surface area contributed by atoms with E-state index in [1.807, 2.05) is 0 Å². The second-order valence-electron chi connectivity index (χ2n) is 7.35. The number of hydrogen-bond acceptors (Lipinski definition) is 3. The molecular weight excluding hydrogens is 222 g/mol. The summed E-state index contributed by atoms with van der Waals surface area (Å²) >= 11 is 0. The van der Waals surface area contributed by atoms with Gasteiger partial charge in [-0.15, -0.1) is 0 Å². The van der Waals surface area contributed by atoms with Gasteiger partial charge in [0.25, 0.3) is 0 Å². The topological polar surface area (TPSA) is 32.5 Å². The molecular formula is C15H31N3. The van der Waals surface area contributed by atoms with E-state index < -0.39 is 0 Å². The van der Waals surface area contributed by atoms with Crippen LogP contribution < -0.4 is 5.73 Å². The first-order valence-electron chi connectivity index (χ1n) is 7.63. The fraction of sp³-hybridized carbons (Fsp3) is 1.00. The van der Waals surface area contributed by atoms with Crippen LogP contribution in [0.25, 0.3) is 0 Å². The van der Waals surface area contributed by atoms with Crippen molar-refractivity contribution in [3.8, 4) is 0 Å². The Labute approximate surface area is 113 Å². The van der Waals surface area contributed by atoms with Crippen LogP contribution in [0.2, 0.25) is 0 Å². The van der Waals surface area contributed by atoms with Crippen LogP contribution in [0.3, 0.4) is 0 Å². The average Bonchev–Trinajstić information content (AvgIpc) is 2.81. The van der Waals surface area contributed by atoms with Crippen molar-refractivity contribution < 1.29 is 0 Å². The number of hydrogen-bond donors (Lipinski definition) is 1. The second kappa shape index (κ2) is 5.48. The third-order valence-electron chi connectivity index (χ3n) is 4.63. The Morgan fingerprint density at radius 2 is 1.72 bits per heavy atom. The van der Waals surface area contributed by atoms with Crippen LogP contribution in [0, 0.1) is 5.41 Å². The monoisotopic (exact) mass is 253 g/mol. The normalized spacial score (nSPS) is 30.8. The van der Waals surface area contributed by atoms with Crippen LogP contribution in [-0.4, -0.2) is 54.1 Å². The third-order valence-corrected chi connectivity index (χ3v) is 4.63. The van der Waals surface area contributed by atoms with Gasteiger partial charge >= 0.3 is 0 Å². The van der Waals surface area contributed by atoms with Crippen LogP contribution in [0.1, 0.15) is 47.0 Å². The van der Waals surface area contributed by atoms with E-state index in [2.05, 4.69) is 37.5 Å². The van der Waals surface area contributed by atoms with Crippen LogP contribution >= 0.6 is 0 Å². The maximum absolute atomic E-state index is 6.25. The van der Waals surface area contributed by atoms with Crippen LogP contribution in [0.15, 0.2) is 0 Å². The zero-order valence-corrected chi connectivity index (χ0v) is 12.7. The van der Waals surface area contributed by atoms with E-state index in [-0.39, 0.29) is 11.5 Å². The summed E-state index contributed by atoms with van der Waals surface area (Å²) in [7, 11) is 0. The van der Waals surface area contributed by atoms with Gasteiger partial charge in [0.15, 0.2) is 0 Å². The number of nitrogens with zero attached hydrogens (tertiary/aromatic N) is 2. The largest absolute Gasteiger partial charge is 0.327 e. The molecule has 0 aromatic heterocycles. The fourth-order valence-corrected chi connectivity index (χ4v) is 4.09. The minimum Gasteiger partial charge on any atom is -0.327 e. The molecule has 3 nitrogen and oxygen atoms in total. The lowest BCUT2D eigenvalue weighted by atomic mass is 9.82. The zero-order chi connectivity index (χ0) is 13.3. The molecule has 2 saturated heterocycles. The van der Waals surface area contributed by atoms with Gasteiger partial charge in [-0.1, -0.05) is 20.8 Å². The first kappa shape index (κ1) is 14.3. The van der Waals surface area contributed by atoms with Gasteiger partial charge < -0.3 is 5.73 Å². The lowest BCUT2D eigenvalue weighted by Crippen LogP contribution is -2.53. The van der Waals surface area contributed by atoms with E-state index in [1.54, 1.807) is 0 Å². The van der Waals surface area contributed by atoms with Crippen molar-refractivity contribution in [2.24, 2.45) is 11.1 Å². The average molecular weight is 253 g/mol. The quantitative estimate of drug-likeness (QED) is 0.834. The minimum absolute atomic E-state index is 0.252. The van der Waals surface area contributed by atoms with Crippen molar-refractivity contribution in [2.45, 2.75) is 65.1 Å². The van der Waals surface area contributed by atoms with E-state index in [0.717, 1.165) is 6.04 Å². The van der Waals surface area contributed by atoms with E-state index in [4.69, 9.17) is 5.73 Å². The van der Waals surface area contributed by atoms with Crippen molar-refractivity contribution in [2.75, 3.05) is 26.2 Å². The SMILES string of the molecule is CC(N)C(N1CCC(N2CCCC2)C1)C(C)(C)C. The summed E-state index contributed by atoms with van der Waals surface area (Å²) in [6.07, 6.45) is 4.12. The summed E-state index contributed by atoms with van der Waals surface area (Å²) < 4.78 is 0. The molecule has 0 aromatic rings. The van der Waals surface area contributed by atoms with Crippen molar-refractivity contribution in [1.29, 1.82) is 0 Å². The molecule has 0 aliphatic carbocycles. The highest BCUT2D eigenvalue weighted by Crippen LogP contribution is 2.31. The smallest absolute Gasteiger partial charge is 0.0293 e. The summed E-state index contributed by atoms with van der Waals surface area (Å²) in [5.41, 5.74) is 6.52. The number of nitrogens with two attached hydrogens (primary N) is 1. The highest BCUT2D eigenvalue weighted by Gasteiger charge is 2.38. The molecule has 2 fully saturated rings. The molecule has 2 N–H and O–H groups in total. The summed E-state index contributed by atoms with van der Waals surface area (Å²) in [6.45, 7) is 14.2. The second-order valence-corrected chi connectivity index (χ2v) is 7.35. The molecule has 2 heterocycles. The molecule has 2 aliphatic rings. The van der Waals surface area contributed by atoms with E-state index in [1.165, 1.54) is 45.4 Å². The Kier molecular flexibility index (Phi) is 4.35. The zero-order valence-electron chi connectivity index (χ0n) is 12.7. The predicted octanol–water partition coefficient (Wildman–Crippen LogP) is 1.92. The Morgan fingerprint density at radius 1 is 1.11 bits per heavy atom. The molecule has 0 bridgehead atoms. The summed E-state index contributed by atoms with van der Waals surface area (Å²) in [6, 6.07) is 1.54. The molecule has 3 atom stereocenters. The van der Waals surface area contributed by atoms with Gasteiger partial charge in [0.1, 0.15) is 0 Å². The molecule has 18 heavy (non-hydrogen) atoms. The summed E-state index contributed by atoms with van der Waals surface area (Å²) in [5.74, 6) is 0. The van der Waals surface area contributed by atoms with Gasteiger partial charge in [0.2, 0.25) is 0 Å². The van der Waals surface area contributed by atoms with Gasteiger partial charge in [-0.2, -0.15) is 0 Å². The number of likely N-dealkylation sites (tertiary alicyclic amines) is 2. The highest BCUT2D eigenvalue weighted by molar-refractivity contribution is 4.95. The fourth-order valence-electron chi connectivity index (χ4n) is 4.09. The molecule has 2 aliphatic heterocycles.